The molecule has 1 heterocycles. The Balaban J connectivity index is 2.70. The predicted molar refractivity (Wildman–Crippen MR) is 81.5 cm³/mol. The number of pyridine rings is 1. The van der Waals surface area contributed by atoms with Crippen molar-refractivity contribution in [2.75, 3.05) is 0 Å². The fraction of sp³-hybridized carbons (Fsp3) is 0.412. The monoisotopic (exact) mass is 271 g/mol. The number of nitrogens with zero attached hydrogens (tertiary/aromatic N) is 1. The van der Waals surface area contributed by atoms with Crippen LogP contribution >= 0.6 is 0 Å². The standard InChI is InChI=1S/C17H21NO2/c1-5-11(4)12-6-7-15-13(8-12)14(17(19)20)9-16(18-15)10(2)3/h6-11H,5H2,1-4H3,(H,19,20). The summed E-state index contributed by atoms with van der Waals surface area (Å²) in [5.74, 6) is -0.252. The molecule has 2 aromatic rings. The zero-order valence-corrected chi connectivity index (χ0v) is 12.5. The molecule has 2 rings (SSSR count). The average molecular weight is 271 g/mol. The molecule has 0 amide bonds. The van der Waals surface area contributed by atoms with Crippen molar-refractivity contribution in [1.29, 1.82) is 0 Å². The summed E-state index contributed by atoms with van der Waals surface area (Å²) in [6, 6.07) is 7.67. The number of aromatic nitrogens is 1. The van der Waals surface area contributed by atoms with Crippen molar-refractivity contribution in [2.24, 2.45) is 0 Å². The van der Waals surface area contributed by atoms with Gasteiger partial charge in [0.2, 0.25) is 0 Å². The van der Waals surface area contributed by atoms with Crippen LogP contribution in [0, 0.1) is 0 Å². The van der Waals surface area contributed by atoms with Gasteiger partial charge in [0, 0.05) is 11.1 Å². The highest BCUT2D eigenvalue weighted by Gasteiger charge is 2.15. The van der Waals surface area contributed by atoms with Gasteiger partial charge in [0.05, 0.1) is 11.1 Å². The normalized spacial score (nSPS) is 12.8. The first-order valence-corrected chi connectivity index (χ1v) is 7.12. The quantitative estimate of drug-likeness (QED) is 0.886. The summed E-state index contributed by atoms with van der Waals surface area (Å²) >= 11 is 0. The van der Waals surface area contributed by atoms with Crippen molar-refractivity contribution in [3.05, 3.63) is 41.1 Å². The second kappa shape index (κ2) is 5.61. The van der Waals surface area contributed by atoms with Crippen LogP contribution in [0.1, 0.15) is 67.6 Å². The van der Waals surface area contributed by atoms with Crippen LogP contribution in [0.5, 0.6) is 0 Å². The topological polar surface area (TPSA) is 50.2 Å². The van der Waals surface area contributed by atoms with Crippen LogP contribution in [-0.4, -0.2) is 16.1 Å². The number of benzene rings is 1. The van der Waals surface area contributed by atoms with Gasteiger partial charge >= 0.3 is 5.97 Å². The lowest BCUT2D eigenvalue weighted by Gasteiger charge is -2.13. The highest BCUT2D eigenvalue weighted by molar-refractivity contribution is 6.02. The second-order valence-electron chi connectivity index (χ2n) is 5.64. The Labute approximate surface area is 119 Å². The first-order chi connectivity index (χ1) is 9.43. The van der Waals surface area contributed by atoms with Gasteiger partial charge in [-0.3, -0.25) is 4.98 Å². The molecule has 0 aliphatic rings. The minimum atomic E-state index is -0.888. The van der Waals surface area contributed by atoms with Gasteiger partial charge in [-0.1, -0.05) is 33.8 Å². The summed E-state index contributed by atoms with van der Waals surface area (Å²) in [5, 5.41) is 10.2. The van der Waals surface area contributed by atoms with Gasteiger partial charge in [0.25, 0.3) is 0 Å². The molecule has 1 N–H and O–H groups in total. The second-order valence-corrected chi connectivity index (χ2v) is 5.64. The van der Waals surface area contributed by atoms with Crippen molar-refractivity contribution >= 4 is 16.9 Å². The van der Waals surface area contributed by atoms with Gasteiger partial charge in [-0.25, -0.2) is 4.79 Å². The number of rotatable bonds is 4. The number of hydrogen-bond donors (Lipinski definition) is 1. The fourth-order valence-corrected chi connectivity index (χ4v) is 2.28. The third-order valence-corrected chi connectivity index (χ3v) is 3.86. The van der Waals surface area contributed by atoms with Crippen LogP contribution in [-0.2, 0) is 0 Å². The molecule has 0 saturated carbocycles. The molecule has 0 spiro atoms. The number of hydrogen-bond acceptors (Lipinski definition) is 2. The smallest absolute Gasteiger partial charge is 0.336 e. The summed E-state index contributed by atoms with van der Waals surface area (Å²) in [7, 11) is 0. The molecule has 0 saturated heterocycles. The average Bonchev–Trinajstić information content (AvgIpc) is 2.44. The zero-order valence-electron chi connectivity index (χ0n) is 12.5. The van der Waals surface area contributed by atoms with Gasteiger partial charge in [-0.2, -0.15) is 0 Å². The summed E-state index contributed by atoms with van der Waals surface area (Å²) < 4.78 is 0. The van der Waals surface area contributed by atoms with E-state index in [-0.39, 0.29) is 5.92 Å². The van der Waals surface area contributed by atoms with E-state index in [9.17, 15) is 9.90 Å². The lowest BCUT2D eigenvalue weighted by molar-refractivity contribution is 0.0699. The molecule has 20 heavy (non-hydrogen) atoms. The molecule has 0 aliphatic carbocycles. The van der Waals surface area contributed by atoms with Crippen LogP contribution in [0.2, 0.25) is 0 Å². The fourth-order valence-electron chi connectivity index (χ4n) is 2.28. The minimum Gasteiger partial charge on any atom is -0.478 e. The van der Waals surface area contributed by atoms with E-state index in [1.165, 1.54) is 5.56 Å². The molecule has 0 radical (unpaired) electrons. The molecular weight excluding hydrogens is 250 g/mol. The van der Waals surface area contributed by atoms with E-state index in [0.29, 0.717) is 11.5 Å². The van der Waals surface area contributed by atoms with Crippen LogP contribution in [0.25, 0.3) is 10.9 Å². The van der Waals surface area contributed by atoms with Crippen molar-refractivity contribution in [2.45, 2.75) is 46.0 Å². The van der Waals surface area contributed by atoms with E-state index in [1.807, 2.05) is 26.0 Å². The van der Waals surface area contributed by atoms with Crippen LogP contribution in [0.4, 0.5) is 0 Å². The van der Waals surface area contributed by atoms with E-state index >= 15 is 0 Å². The first-order valence-electron chi connectivity index (χ1n) is 7.12. The van der Waals surface area contributed by atoms with Gasteiger partial charge < -0.3 is 5.11 Å². The van der Waals surface area contributed by atoms with Crippen LogP contribution < -0.4 is 0 Å². The molecule has 0 bridgehead atoms. The van der Waals surface area contributed by atoms with E-state index < -0.39 is 5.97 Å². The summed E-state index contributed by atoms with van der Waals surface area (Å²) in [6.07, 6.45) is 1.03. The molecule has 3 nitrogen and oxygen atoms in total. The van der Waals surface area contributed by atoms with E-state index in [0.717, 1.165) is 23.0 Å². The Morgan fingerprint density at radius 1 is 1.25 bits per heavy atom. The summed E-state index contributed by atoms with van der Waals surface area (Å²) in [4.78, 5) is 16.1. The Kier molecular flexibility index (Phi) is 4.07. The molecule has 1 unspecified atom stereocenters. The van der Waals surface area contributed by atoms with Gasteiger partial charge in [-0.15, -0.1) is 0 Å². The van der Waals surface area contributed by atoms with Gasteiger partial charge in [0.15, 0.2) is 0 Å². The highest BCUT2D eigenvalue weighted by atomic mass is 16.4. The third kappa shape index (κ3) is 2.67. The number of carboxylic acids is 1. The Morgan fingerprint density at radius 2 is 1.95 bits per heavy atom. The SMILES string of the molecule is CCC(C)c1ccc2nc(C(C)C)cc(C(=O)O)c2c1. The van der Waals surface area contributed by atoms with Crippen LogP contribution in [0.3, 0.4) is 0 Å². The molecule has 0 aliphatic heterocycles. The molecule has 1 atom stereocenters. The molecule has 106 valence electrons. The zero-order chi connectivity index (χ0) is 14.9. The molecule has 1 aromatic carbocycles. The Bertz CT molecular complexity index is 647. The third-order valence-electron chi connectivity index (χ3n) is 3.86. The lowest BCUT2D eigenvalue weighted by atomic mass is 9.95. The molecular formula is C17H21NO2. The maximum atomic E-state index is 11.5. The minimum absolute atomic E-state index is 0.215. The number of fused-ring (bicyclic) bond motifs is 1. The highest BCUT2D eigenvalue weighted by Crippen LogP contribution is 2.27. The van der Waals surface area contributed by atoms with Gasteiger partial charge in [-0.05, 0) is 42.0 Å². The Hall–Kier alpha value is -1.90. The predicted octanol–water partition coefficient (Wildman–Crippen LogP) is 4.57. The Morgan fingerprint density at radius 3 is 2.50 bits per heavy atom. The van der Waals surface area contributed by atoms with Crippen molar-refractivity contribution in [3.8, 4) is 0 Å². The molecule has 3 heteroatoms. The van der Waals surface area contributed by atoms with Crippen LogP contribution in [0.15, 0.2) is 24.3 Å². The van der Waals surface area contributed by atoms with Crippen molar-refractivity contribution < 1.29 is 9.90 Å². The van der Waals surface area contributed by atoms with Gasteiger partial charge in [0.1, 0.15) is 0 Å². The van der Waals surface area contributed by atoms with E-state index in [1.54, 1.807) is 6.07 Å². The van der Waals surface area contributed by atoms with Crippen molar-refractivity contribution in [3.63, 3.8) is 0 Å². The molecule has 1 aromatic heterocycles. The number of carbonyl (C=O) groups is 1. The summed E-state index contributed by atoms with van der Waals surface area (Å²) in [5.41, 5.74) is 3.11. The maximum absolute atomic E-state index is 11.5. The largest absolute Gasteiger partial charge is 0.478 e. The number of aromatic carboxylic acids is 1. The maximum Gasteiger partial charge on any atom is 0.336 e. The van der Waals surface area contributed by atoms with E-state index in [4.69, 9.17) is 0 Å². The molecule has 0 fully saturated rings. The summed E-state index contributed by atoms with van der Waals surface area (Å²) in [6.45, 7) is 8.32. The first kappa shape index (κ1) is 14.5. The van der Waals surface area contributed by atoms with Crippen molar-refractivity contribution in [1.82, 2.24) is 4.98 Å². The number of carboxylic acid groups (broad SMARTS) is 1. The van der Waals surface area contributed by atoms with E-state index in [2.05, 4.69) is 24.9 Å². The lowest BCUT2D eigenvalue weighted by Crippen LogP contribution is -2.04.